The molecule has 0 aliphatic carbocycles. The lowest BCUT2D eigenvalue weighted by Crippen LogP contribution is -2.27. The van der Waals surface area contributed by atoms with Crippen LogP contribution in [0.2, 0.25) is 0 Å². The number of aromatic nitrogens is 2. The molecule has 0 saturated carbocycles. The summed E-state index contributed by atoms with van der Waals surface area (Å²) in [6.45, 7) is 8.13. The van der Waals surface area contributed by atoms with Gasteiger partial charge in [-0.15, -0.1) is 0 Å². The van der Waals surface area contributed by atoms with Crippen LogP contribution in [0.25, 0.3) is 0 Å². The molecule has 2 N–H and O–H groups in total. The minimum Gasteiger partial charge on any atom is -0.353 e. The van der Waals surface area contributed by atoms with E-state index in [9.17, 15) is 0 Å². The second-order valence-electron chi connectivity index (χ2n) is 5.69. The Bertz CT molecular complexity index is 572. The zero-order chi connectivity index (χ0) is 15.4. The fourth-order valence-electron chi connectivity index (χ4n) is 2.79. The minimum atomic E-state index is 0.141. The Hall–Kier alpha value is -1.81. The van der Waals surface area contributed by atoms with Crippen LogP contribution in [0.4, 0.5) is 5.82 Å². The van der Waals surface area contributed by atoms with E-state index in [1.165, 1.54) is 16.9 Å². The van der Waals surface area contributed by atoms with Crippen LogP contribution in [-0.4, -0.2) is 22.4 Å². The van der Waals surface area contributed by atoms with Crippen molar-refractivity contribution >= 4 is 5.82 Å². The average molecular weight is 286 g/mol. The molecule has 2 aromatic rings. The molecule has 21 heavy (non-hydrogen) atoms. The Kier molecular flexibility index (Phi) is 5.02. The topological polar surface area (TPSA) is 47.1 Å². The van der Waals surface area contributed by atoms with Crippen molar-refractivity contribution in [2.75, 3.05) is 11.4 Å². The van der Waals surface area contributed by atoms with Crippen LogP contribution in [0.15, 0.2) is 30.3 Å². The molecular weight excluding hydrogens is 260 g/mol. The highest BCUT2D eigenvalue weighted by Crippen LogP contribution is 2.25. The van der Waals surface area contributed by atoms with Gasteiger partial charge in [0.25, 0.3) is 0 Å². The van der Waals surface area contributed by atoms with Gasteiger partial charge in [0.2, 0.25) is 0 Å². The van der Waals surface area contributed by atoms with Gasteiger partial charge in [-0.2, -0.15) is 5.10 Å². The fraction of sp³-hybridized carbons (Fsp3) is 0.471. The van der Waals surface area contributed by atoms with Crippen LogP contribution in [0.3, 0.4) is 0 Å². The third-order valence-corrected chi connectivity index (χ3v) is 3.74. The van der Waals surface area contributed by atoms with Crippen molar-refractivity contribution in [1.29, 1.82) is 0 Å². The van der Waals surface area contributed by atoms with Crippen LogP contribution in [0, 0.1) is 6.92 Å². The van der Waals surface area contributed by atoms with Crippen LogP contribution in [0.5, 0.6) is 0 Å². The molecule has 0 amide bonds. The second kappa shape index (κ2) is 6.76. The maximum absolute atomic E-state index is 6.01. The van der Waals surface area contributed by atoms with E-state index in [-0.39, 0.29) is 6.04 Å². The number of hydrogen-bond donors (Lipinski definition) is 1. The highest BCUT2D eigenvalue weighted by molar-refractivity contribution is 5.51. The Balaban J connectivity index is 2.33. The largest absolute Gasteiger partial charge is 0.353 e. The summed E-state index contributed by atoms with van der Waals surface area (Å²) in [7, 11) is 2.01. The van der Waals surface area contributed by atoms with Gasteiger partial charge in [0.15, 0.2) is 0 Å². The van der Waals surface area contributed by atoms with Gasteiger partial charge in [-0.1, -0.05) is 30.3 Å². The Morgan fingerprint density at radius 3 is 2.52 bits per heavy atom. The lowest BCUT2D eigenvalue weighted by molar-refractivity contribution is 0.695. The zero-order valence-electron chi connectivity index (χ0n) is 13.5. The molecule has 0 aliphatic heterocycles. The Morgan fingerprint density at radius 1 is 1.29 bits per heavy atom. The van der Waals surface area contributed by atoms with Gasteiger partial charge in [0, 0.05) is 31.7 Å². The van der Waals surface area contributed by atoms with Crippen LogP contribution >= 0.6 is 0 Å². The first-order chi connectivity index (χ1) is 10.0. The third kappa shape index (κ3) is 3.64. The van der Waals surface area contributed by atoms with Crippen LogP contribution in [0.1, 0.15) is 30.7 Å². The highest BCUT2D eigenvalue weighted by atomic mass is 15.4. The SMILES string of the molecule is CCN(Cc1ccccc1)c1c(CC(C)N)c(C)nn1C. The lowest BCUT2D eigenvalue weighted by Gasteiger charge is -2.25. The van der Waals surface area contributed by atoms with Crippen molar-refractivity contribution in [1.82, 2.24) is 9.78 Å². The van der Waals surface area contributed by atoms with Crippen LogP contribution < -0.4 is 10.6 Å². The molecule has 114 valence electrons. The summed E-state index contributed by atoms with van der Waals surface area (Å²) in [5, 5.41) is 4.59. The van der Waals surface area contributed by atoms with E-state index >= 15 is 0 Å². The first kappa shape index (κ1) is 15.6. The maximum Gasteiger partial charge on any atom is 0.130 e. The molecule has 1 aromatic heterocycles. The minimum absolute atomic E-state index is 0.141. The van der Waals surface area contributed by atoms with Crippen molar-refractivity contribution < 1.29 is 0 Å². The summed E-state index contributed by atoms with van der Waals surface area (Å²) in [5.41, 5.74) is 9.67. The summed E-state index contributed by atoms with van der Waals surface area (Å²) >= 11 is 0. The Labute approximate surface area is 127 Å². The number of hydrogen-bond acceptors (Lipinski definition) is 3. The number of anilines is 1. The van der Waals surface area contributed by atoms with Gasteiger partial charge in [0.1, 0.15) is 5.82 Å². The molecule has 1 heterocycles. The standard InChI is InChI=1S/C17H26N4/c1-5-21(12-15-9-7-6-8-10-15)17-16(11-13(2)18)14(3)19-20(17)4/h6-10,13H,5,11-12,18H2,1-4H3. The molecule has 4 nitrogen and oxygen atoms in total. The van der Waals surface area contributed by atoms with Gasteiger partial charge < -0.3 is 10.6 Å². The van der Waals surface area contributed by atoms with E-state index in [4.69, 9.17) is 5.73 Å². The molecule has 1 atom stereocenters. The van der Waals surface area contributed by atoms with Crippen molar-refractivity contribution in [2.24, 2.45) is 12.8 Å². The predicted molar refractivity (Wildman–Crippen MR) is 88.5 cm³/mol. The summed E-state index contributed by atoms with van der Waals surface area (Å²) in [5.74, 6) is 1.19. The monoisotopic (exact) mass is 286 g/mol. The van der Waals surface area contributed by atoms with E-state index in [1.807, 2.05) is 18.7 Å². The van der Waals surface area contributed by atoms with E-state index in [0.29, 0.717) is 0 Å². The molecule has 4 heteroatoms. The van der Waals surface area contributed by atoms with Crippen molar-refractivity contribution in [3.8, 4) is 0 Å². The maximum atomic E-state index is 6.01. The number of nitrogens with zero attached hydrogens (tertiary/aromatic N) is 3. The number of benzene rings is 1. The Morgan fingerprint density at radius 2 is 1.95 bits per heavy atom. The first-order valence-electron chi connectivity index (χ1n) is 7.59. The number of aryl methyl sites for hydroxylation is 2. The van der Waals surface area contributed by atoms with Crippen LogP contribution in [-0.2, 0) is 20.0 Å². The van der Waals surface area contributed by atoms with Gasteiger partial charge in [-0.25, -0.2) is 0 Å². The van der Waals surface area contributed by atoms with Gasteiger partial charge in [-0.05, 0) is 32.8 Å². The first-order valence-corrected chi connectivity index (χ1v) is 7.59. The molecule has 1 unspecified atom stereocenters. The fourth-order valence-corrected chi connectivity index (χ4v) is 2.79. The van der Waals surface area contributed by atoms with E-state index in [2.05, 4.69) is 54.2 Å². The smallest absolute Gasteiger partial charge is 0.130 e. The highest BCUT2D eigenvalue weighted by Gasteiger charge is 2.19. The van der Waals surface area contributed by atoms with Crippen molar-refractivity contribution in [3.05, 3.63) is 47.2 Å². The molecular formula is C17H26N4. The van der Waals surface area contributed by atoms with E-state index in [0.717, 1.165) is 25.2 Å². The average Bonchev–Trinajstić information content (AvgIpc) is 2.71. The molecule has 1 aromatic carbocycles. The molecule has 0 saturated heterocycles. The lowest BCUT2D eigenvalue weighted by atomic mass is 10.1. The summed E-state index contributed by atoms with van der Waals surface area (Å²) in [6.07, 6.45) is 0.861. The molecule has 2 rings (SSSR count). The summed E-state index contributed by atoms with van der Waals surface area (Å²) in [4.78, 5) is 2.37. The number of nitrogens with two attached hydrogens (primary N) is 1. The normalized spacial score (nSPS) is 12.4. The zero-order valence-corrected chi connectivity index (χ0v) is 13.5. The van der Waals surface area contributed by atoms with E-state index < -0.39 is 0 Å². The predicted octanol–water partition coefficient (Wildman–Crippen LogP) is 2.64. The molecule has 0 aliphatic rings. The molecule has 0 spiro atoms. The van der Waals surface area contributed by atoms with Crippen molar-refractivity contribution in [2.45, 2.75) is 39.8 Å². The van der Waals surface area contributed by atoms with Gasteiger partial charge in [-0.3, -0.25) is 4.68 Å². The third-order valence-electron chi connectivity index (χ3n) is 3.74. The number of rotatable bonds is 6. The van der Waals surface area contributed by atoms with Gasteiger partial charge >= 0.3 is 0 Å². The second-order valence-corrected chi connectivity index (χ2v) is 5.69. The molecule has 0 bridgehead atoms. The molecule has 0 radical (unpaired) electrons. The summed E-state index contributed by atoms with van der Waals surface area (Å²) in [6, 6.07) is 10.7. The molecule has 0 fully saturated rings. The quantitative estimate of drug-likeness (QED) is 0.888. The van der Waals surface area contributed by atoms with Gasteiger partial charge in [0.05, 0.1) is 5.69 Å². The summed E-state index contributed by atoms with van der Waals surface area (Å²) < 4.78 is 1.99. The van der Waals surface area contributed by atoms with Crippen molar-refractivity contribution in [3.63, 3.8) is 0 Å². The van der Waals surface area contributed by atoms with E-state index in [1.54, 1.807) is 0 Å².